The molecule has 122 valence electrons. The van der Waals surface area contributed by atoms with Crippen LogP contribution in [-0.2, 0) is 11.2 Å². The van der Waals surface area contributed by atoms with Gasteiger partial charge in [-0.15, -0.1) is 0 Å². The third kappa shape index (κ3) is 4.98. The summed E-state index contributed by atoms with van der Waals surface area (Å²) in [6.45, 7) is 2.47. The number of amides is 1. The Labute approximate surface area is 135 Å². The lowest BCUT2D eigenvalue weighted by Crippen LogP contribution is -2.12. The maximum Gasteiger partial charge on any atom is 0.224 e. The third-order valence-corrected chi connectivity index (χ3v) is 3.28. The van der Waals surface area contributed by atoms with Crippen LogP contribution in [0.4, 0.5) is 10.1 Å². The van der Waals surface area contributed by atoms with E-state index in [0.29, 0.717) is 36.6 Å². The van der Waals surface area contributed by atoms with Crippen LogP contribution in [0.1, 0.15) is 18.9 Å². The first-order chi connectivity index (χ1) is 11.1. The predicted octanol–water partition coefficient (Wildman–Crippen LogP) is 3.80. The van der Waals surface area contributed by atoms with E-state index in [0.717, 1.165) is 5.56 Å². The summed E-state index contributed by atoms with van der Waals surface area (Å²) >= 11 is 0. The second-order valence-corrected chi connectivity index (χ2v) is 4.98. The van der Waals surface area contributed by atoms with E-state index in [9.17, 15) is 9.18 Å². The number of aryl methyl sites for hydroxylation is 1. The summed E-state index contributed by atoms with van der Waals surface area (Å²) in [7, 11) is 1.58. The molecule has 0 radical (unpaired) electrons. The van der Waals surface area contributed by atoms with Gasteiger partial charge in [-0.2, -0.15) is 0 Å². The fourth-order valence-electron chi connectivity index (χ4n) is 2.19. The van der Waals surface area contributed by atoms with Gasteiger partial charge in [0.05, 0.1) is 13.7 Å². The van der Waals surface area contributed by atoms with Crippen LogP contribution in [0.15, 0.2) is 42.5 Å². The molecule has 0 aromatic heterocycles. The zero-order chi connectivity index (χ0) is 16.7. The van der Waals surface area contributed by atoms with E-state index in [4.69, 9.17) is 9.47 Å². The molecule has 2 aromatic carbocycles. The van der Waals surface area contributed by atoms with E-state index in [1.807, 2.05) is 25.1 Å². The van der Waals surface area contributed by atoms with Crippen molar-refractivity contribution in [3.05, 3.63) is 53.8 Å². The van der Waals surface area contributed by atoms with Crippen LogP contribution in [0.5, 0.6) is 11.5 Å². The molecule has 1 N–H and O–H groups in total. The smallest absolute Gasteiger partial charge is 0.224 e. The number of carbonyl (C=O) groups is 1. The van der Waals surface area contributed by atoms with E-state index < -0.39 is 0 Å². The number of halogens is 1. The van der Waals surface area contributed by atoms with E-state index in [2.05, 4.69) is 5.32 Å². The lowest BCUT2D eigenvalue weighted by atomic mass is 10.1. The number of methoxy groups -OCH3 is 1. The highest BCUT2D eigenvalue weighted by Crippen LogP contribution is 2.28. The predicted molar refractivity (Wildman–Crippen MR) is 87.5 cm³/mol. The molecule has 0 aliphatic heterocycles. The number of anilines is 1. The molecule has 0 saturated carbocycles. The van der Waals surface area contributed by atoms with Crippen LogP contribution in [-0.4, -0.2) is 19.6 Å². The summed E-state index contributed by atoms with van der Waals surface area (Å²) in [4.78, 5) is 11.9. The molecule has 0 unspecified atom stereocenters. The Morgan fingerprint density at radius 2 is 2.00 bits per heavy atom. The van der Waals surface area contributed by atoms with Crippen molar-refractivity contribution in [3.63, 3.8) is 0 Å². The summed E-state index contributed by atoms with van der Waals surface area (Å²) in [5, 5.41) is 2.68. The van der Waals surface area contributed by atoms with Gasteiger partial charge in [0, 0.05) is 12.1 Å². The van der Waals surface area contributed by atoms with Crippen molar-refractivity contribution in [2.45, 2.75) is 19.8 Å². The van der Waals surface area contributed by atoms with Gasteiger partial charge in [-0.05, 0) is 49.2 Å². The van der Waals surface area contributed by atoms with Gasteiger partial charge >= 0.3 is 0 Å². The van der Waals surface area contributed by atoms with Gasteiger partial charge in [0.2, 0.25) is 5.91 Å². The van der Waals surface area contributed by atoms with Crippen LogP contribution in [0.25, 0.3) is 0 Å². The van der Waals surface area contributed by atoms with E-state index >= 15 is 0 Å². The number of nitrogens with one attached hydrogen (secondary N) is 1. The molecule has 0 atom stereocenters. The van der Waals surface area contributed by atoms with Crippen molar-refractivity contribution in [2.24, 2.45) is 0 Å². The number of ether oxygens (including phenoxy) is 2. The minimum absolute atomic E-state index is 0.163. The van der Waals surface area contributed by atoms with Gasteiger partial charge in [0.1, 0.15) is 5.82 Å². The van der Waals surface area contributed by atoms with Crippen LogP contribution in [0.2, 0.25) is 0 Å². The summed E-state index contributed by atoms with van der Waals surface area (Å²) in [5.41, 5.74) is 1.43. The lowest BCUT2D eigenvalue weighted by Gasteiger charge is -2.11. The van der Waals surface area contributed by atoms with E-state index in [1.165, 1.54) is 12.1 Å². The Kier molecular flexibility index (Phi) is 5.97. The Bertz CT molecular complexity index is 673. The van der Waals surface area contributed by atoms with Crippen molar-refractivity contribution < 1.29 is 18.7 Å². The fraction of sp³-hybridized carbons (Fsp3) is 0.278. The Morgan fingerprint density at radius 1 is 1.17 bits per heavy atom. The zero-order valence-corrected chi connectivity index (χ0v) is 13.3. The number of hydrogen-bond acceptors (Lipinski definition) is 3. The molecule has 2 rings (SSSR count). The van der Waals surface area contributed by atoms with Crippen LogP contribution < -0.4 is 14.8 Å². The molecule has 0 bridgehead atoms. The minimum atomic E-state index is -0.376. The van der Waals surface area contributed by atoms with Crippen LogP contribution in [0.3, 0.4) is 0 Å². The average molecular weight is 317 g/mol. The molecular weight excluding hydrogens is 297 g/mol. The van der Waals surface area contributed by atoms with Crippen LogP contribution in [0, 0.1) is 5.82 Å². The number of rotatable bonds is 7. The Morgan fingerprint density at radius 3 is 2.70 bits per heavy atom. The number of hydrogen-bond donors (Lipinski definition) is 1. The van der Waals surface area contributed by atoms with Gasteiger partial charge in [-0.25, -0.2) is 4.39 Å². The largest absolute Gasteiger partial charge is 0.493 e. The molecular formula is C18H20FNO3. The second-order valence-electron chi connectivity index (χ2n) is 4.98. The molecule has 0 saturated heterocycles. The Hall–Kier alpha value is -2.56. The highest BCUT2D eigenvalue weighted by atomic mass is 19.1. The van der Waals surface area contributed by atoms with E-state index in [-0.39, 0.29) is 11.7 Å². The maximum absolute atomic E-state index is 13.1. The van der Waals surface area contributed by atoms with Gasteiger partial charge in [0.25, 0.3) is 0 Å². The average Bonchev–Trinajstić information content (AvgIpc) is 2.54. The Balaban J connectivity index is 1.93. The first kappa shape index (κ1) is 16.8. The molecule has 0 heterocycles. The molecule has 23 heavy (non-hydrogen) atoms. The van der Waals surface area contributed by atoms with Gasteiger partial charge in [0.15, 0.2) is 11.5 Å². The van der Waals surface area contributed by atoms with Crippen LogP contribution >= 0.6 is 0 Å². The molecule has 0 spiro atoms. The molecule has 2 aromatic rings. The van der Waals surface area contributed by atoms with Gasteiger partial charge in [-0.3, -0.25) is 4.79 Å². The molecule has 0 aliphatic carbocycles. The molecule has 5 heteroatoms. The molecule has 0 aliphatic rings. The van der Waals surface area contributed by atoms with Crippen molar-refractivity contribution in [1.29, 1.82) is 0 Å². The molecule has 4 nitrogen and oxygen atoms in total. The standard InChI is InChI=1S/C18H20FNO3/c1-3-23-16-9-7-13(11-17(16)22-2)8-10-18(21)20-15-6-4-5-14(19)12-15/h4-7,9,11-12H,3,8,10H2,1-2H3,(H,20,21). The van der Waals surface area contributed by atoms with Gasteiger partial charge < -0.3 is 14.8 Å². The first-order valence-corrected chi connectivity index (χ1v) is 7.47. The van der Waals surface area contributed by atoms with Crippen molar-refractivity contribution >= 4 is 11.6 Å². The summed E-state index contributed by atoms with van der Waals surface area (Å²) in [6.07, 6.45) is 0.859. The normalized spacial score (nSPS) is 10.2. The highest BCUT2D eigenvalue weighted by Gasteiger charge is 2.08. The minimum Gasteiger partial charge on any atom is -0.493 e. The van der Waals surface area contributed by atoms with Crippen molar-refractivity contribution in [3.8, 4) is 11.5 Å². The quantitative estimate of drug-likeness (QED) is 0.845. The summed E-state index contributed by atoms with van der Waals surface area (Å²) < 4.78 is 23.8. The lowest BCUT2D eigenvalue weighted by molar-refractivity contribution is -0.116. The SMILES string of the molecule is CCOc1ccc(CCC(=O)Nc2cccc(F)c2)cc1OC. The number of benzene rings is 2. The second kappa shape index (κ2) is 8.17. The maximum atomic E-state index is 13.1. The van der Waals surface area contributed by atoms with Crippen molar-refractivity contribution in [1.82, 2.24) is 0 Å². The van der Waals surface area contributed by atoms with Gasteiger partial charge in [-0.1, -0.05) is 12.1 Å². The highest BCUT2D eigenvalue weighted by molar-refractivity contribution is 5.90. The summed E-state index contributed by atoms with van der Waals surface area (Å²) in [5.74, 6) is 0.792. The topological polar surface area (TPSA) is 47.6 Å². The molecule has 1 amide bonds. The number of carbonyl (C=O) groups excluding carboxylic acids is 1. The third-order valence-electron chi connectivity index (χ3n) is 3.28. The monoisotopic (exact) mass is 317 g/mol. The molecule has 0 fully saturated rings. The first-order valence-electron chi connectivity index (χ1n) is 7.47. The summed E-state index contributed by atoms with van der Waals surface area (Å²) in [6, 6.07) is 11.4. The zero-order valence-electron chi connectivity index (χ0n) is 13.3. The van der Waals surface area contributed by atoms with E-state index in [1.54, 1.807) is 19.2 Å². The fourth-order valence-corrected chi connectivity index (χ4v) is 2.19. The van der Waals surface area contributed by atoms with Crippen molar-refractivity contribution in [2.75, 3.05) is 19.0 Å².